The molecule has 0 amide bonds. The van der Waals surface area contributed by atoms with Gasteiger partial charge in [0.1, 0.15) is 5.75 Å². The minimum Gasteiger partial charge on any atom is -0.473 e. The van der Waals surface area contributed by atoms with Crippen LogP contribution in [0.5, 0.6) is 5.75 Å². The second-order valence-corrected chi connectivity index (χ2v) is 18.3. The summed E-state index contributed by atoms with van der Waals surface area (Å²) in [5.41, 5.74) is 5.25. The molecule has 1 aromatic carbocycles. The van der Waals surface area contributed by atoms with Crippen LogP contribution in [0.25, 0.3) is 0 Å². The van der Waals surface area contributed by atoms with Crippen LogP contribution in [0.3, 0.4) is 0 Å². The van der Waals surface area contributed by atoms with E-state index in [-0.39, 0.29) is 29.1 Å². The Morgan fingerprint density at radius 1 is 0.659 bits per heavy atom. The highest BCUT2D eigenvalue weighted by atomic mass is 31.1. The van der Waals surface area contributed by atoms with Crippen LogP contribution in [-0.4, -0.2) is 30.3 Å². The van der Waals surface area contributed by atoms with Gasteiger partial charge >= 0.3 is 0 Å². The van der Waals surface area contributed by atoms with Gasteiger partial charge < -0.3 is 4.52 Å². The molecule has 1 aromatic rings. The summed E-state index contributed by atoms with van der Waals surface area (Å²) < 4.78 is 6.79. The first-order valence-electron chi connectivity index (χ1n) is 16.5. The molecule has 0 heterocycles. The van der Waals surface area contributed by atoms with Gasteiger partial charge in [-0.3, -0.25) is 0 Å². The summed E-state index contributed by atoms with van der Waals surface area (Å²) in [5, 5.41) is -0.0161. The summed E-state index contributed by atoms with van der Waals surface area (Å²) in [6, 6.07) is 6.78. The summed E-state index contributed by atoms with van der Waals surface area (Å²) in [6.45, 7) is 37.2. The Hall–Kier alpha value is -1.94. The third kappa shape index (κ3) is 12.5. The van der Waals surface area contributed by atoms with E-state index in [2.05, 4.69) is 154 Å². The largest absolute Gasteiger partial charge is 0.473 e. The van der Waals surface area contributed by atoms with Crippen molar-refractivity contribution < 1.29 is 4.52 Å². The summed E-state index contributed by atoms with van der Waals surface area (Å²) in [7, 11) is -0.897. The maximum absolute atomic E-state index is 6.79. The molecule has 0 saturated heterocycles. The fourth-order valence-electron chi connectivity index (χ4n) is 4.23. The fourth-order valence-corrected chi connectivity index (χ4v) is 6.22. The van der Waals surface area contributed by atoms with Crippen LogP contribution in [0, 0.1) is 0 Å². The van der Waals surface area contributed by atoms with Gasteiger partial charge in [0, 0.05) is 10.7 Å². The average molecular weight is 637 g/mol. The Balaban J connectivity index is 0.00000210. The van der Waals surface area contributed by atoms with E-state index in [4.69, 9.17) is 4.52 Å². The lowest BCUT2D eigenvalue weighted by atomic mass is 9.80. The van der Waals surface area contributed by atoms with Crippen LogP contribution in [0.4, 0.5) is 0 Å². The van der Waals surface area contributed by atoms with Gasteiger partial charge in [0.2, 0.25) is 0 Å². The maximum atomic E-state index is 6.79. The van der Waals surface area contributed by atoms with E-state index in [1.165, 1.54) is 22.3 Å². The number of hydrogen-bond donors (Lipinski definition) is 0. The zero-order valence-corrected chi connectivity index (χ0v) is 33.3. The van der Waals surface area contributed by atoms with E-state index in [1.54, 1.807) is 0 Å². The molecule has 3 rings (SSSR count). The molecule has 2 aliphatic carbocycles. The van der Waals surface area contributed by atoms with Crippen molar-refractivity contribution in [2.45, 2.75) is 118 Å². The minimum absolute atomic E-state index is 0.00909. The van der Waals surface area contributed by atoms with Gasteiger partial charge in [-0.15, -0.1) is 0 Å². The van der Waals surface area contributed by atoms with Crippen LogP contribution in [0.2, 0.25) is 0 Å². The zero-order valence-electron chi connectivity index (χ0n) is 31.5. The molecule has 2 aliphatic rings. The summed E-state index contributed by atoms with van der Waals surface area (Å²) in [4.78, 5) is 0. The third-order valence-electron chi connectivity index (χ3n) is 7.82. The molecule has 0 saturated carbocycles. The van der Waals surface area contributed by atoms with Crippen LogP contribution in [0.1, 0.15) is 108 Å². The normalized spacial score (nSPS) is 21.9. The van der Waals surface area contributed by atoms with Crippen molar-refractivity contribution in [1.82, 2.24) is 0 Å². The molecular weight excluding hydrogens is 570 g/mol. The van der Waals surface area contributed by atoms with Crippen LogP contribution < -0.4 is 4.52 Å². The molecule has 0 spiro atoms. The predicted octanol–water partition coefficient (Wildman–Crippen LogP) is 13.7. The number of benzene rings is 1. The molecule has 246 valence electrons. The molecule has 3 atom stereocenters. The van der Waals surface area contributed by atoms with Crippen molar-refractivity contribution in [2.24, 2.45) is 0 Å². The SMILES string of the molecule is C/C=C\C.CC.CC.CP(C)C1(C)C=CC=C(C2=CC=CC(C)(P(C)Oc3ccc(C(C)(C)C)cc3C(C)(C)C)C=C2)C=C1. The third-order valence-corrected chi connectivity index (χ3v) is 12.2. The smallest absolute Gasteiger partial charge is 0.127 e. The van der Waals surface area contributed by atoms with E-state index in [1.807, 2.05) is 53.7 Å². The van der Waals surface area contributed by atoms with Crippen molar-refractivity contribution in [2.75, 3.05) is 20.0 Å². The molecule has 1 nitrogen and oxygen atoms in total. The number of hydrogen-bond acceptors (Lipinski definition) is 1. The number of allylic oxidation sites excluding steroid dienone is 14. The van der Waals surface area contributed by atoms with Gasteiger partial charge in [0.15, 0.2) is 0 Å². The Bertz CT molecular complexity index is 1220. The second-order valence-electron chi connectivity index (χ2n) is 13.4. The van der Waals surface area contributed by atoms with Crippen LogP contribution >= 0.6 is 16.1 Å². The Morgan fingerprint density at radius 3 is 1.52 bits per heavy atom. The lowest BCUT2D eigenvalue weighted by Gasteiger charge is -2.33. The lowest BCUT2D eigenvalue weighted by Crippen LogP contribution is -2.20. The van der Waals surface area contributed by atoms with Crippen LogP contribution in [-0.2, 0) is 10.8 Å². The molecule has 0 bridgehead atoms. The first-order valence-corrected chi connectivity index (χ1v) is 20.4. The van der Waals surface area contributed by atoms with Crippen molar-refractivity contribution >= 4 is 16.1 Å². The minimum atomic E-state index is -0.797. The highest BCUT2D eigenvalue weighted by Crippen LogP contribution is 2.52. The topological polar surface area (TPSA) is 9.23 Å². The highest BCUT2D eigenvalue weighted by Gasteiger charge is 2.31. The van der Waals surface area contributed by atoms with Gasteiger partial charge in [0.05, 0.1) is 13.3 Å². The van der Waals surface area contributed by atoms with Crippen molar-refractivity contribution in [3.05, 3.63) is 113 Å². The molecule has 0 N–H and O–H groups in total. The van der Waals surface area contributed by atoms with E-state index in [0.717, 1.165) is 5.75 Å². The molecule has 0 radical (unpaired) electrons. The van der Waals surface area contributed by atoms with Gasteiger partial charge in [0.25, 0.3) is 0 Å². The quantitative estimate of drug-likeness (QED) is 0.231. The monoisotopic (exact) mass is 636 g/mol. The van der Waals surface area contributed by atoms with E-state index >= 15 is 0 Å². The van der Waals surface area contributed by atoms with Crippen molar-refractivity contribution in [3.8, 4) is 5.75 Å². The predicted molar refractivity (Wildman–Crippen MR) is 209 cm³/mol. The Morgan fingerprint density at radius 2 is 1.11 bits per heavy atom. The Labute approximate surface area is 277 Å². The van der Waals surface area contributed by atoms with Crippen molar-refractivity contribution in [3.63, 3.8) is 0 Å². The molecule has 0 aliphatic heterocycles. The average Bonchev–Trinajstić information content (AvgIpc) is 3.31. The molecule has 3 unspecified atom stereocenters. The summed E-state index contributed by atoms with van der Waals surface area (Å²) in [5.74, 6) is 1.01. The van der Waals surface area contributed by atoms with Gasteiger partial charge in [-0.25, -0.2) is 0 Å². The fraction of sp³-hybridized carbons (Fsp3) is 0.512. The molecule has 3 heteroatoms. The first kappa shape index (κ1) is 42.1. The highest BCUT2D eigenvalue weighted by molar-refractivity contribution is 7.58. The molecular formula is C41H66OP2. The Kier molecular flexibility index (Phi) is 18.1. The lowest BCUT2D eigenvalue weighted by molar-refractivity contribution is 0.524. The number of rotatable bonds is 5. The summed E-state index contributed by atoms with van der Waals surface area (Å²) >= 11 is 0. The van der Waals surface area contributed by atoms with E-state index < -0.39 is 8.15 Å². The first-order chi connectivity index (χ1) is 20.5. The standard InChI is InChI=1S/C33H46OP2.C4H8.2C2H6/c1-30(2,3)27-16-17-29(28(24-27)31(4,5)6)34-36(11)33(8)21-13-15-26(19-23-33)25-14-12-20-32(7,22-18-25)35(9)10;1-3-4-2;2*1-2/h12-24H,1-11H3;3-4H,1-2H3;2*1-2H3/b;4-3-;;. The molecule has 0 fully saturated rings. The van der Waals surface area contributed by atoms with E-state index in [9.17, 15) is 0 Å². The molecule has 0 aromatic heterocycles. The van der Waals surface area contributed by atoms with E-state index in [0.29, 0.717) is 0 Å². The van der Waals surface area contributed by atoms with Gasteiger partial charge in [-0.2, -0.15) is 0 Å². The van der Waals surface area contributed by atoms with Gasteiger partial charge in [-0.1, -0.05) is 162 Å². The zero-order chi connectivity index (χ0) is 34.4. The molecule has 44 heavy (non-hydrogen) atoms. The summed E-state index contributed by atoms with van der Waals surface area (Å²) in [6.07, 6.45) is 26.9. The maximum Gasteiger partial charge on any atom is 0.127 e. The van der Waals surface area contributed by atoms with Crippen LogP contribution in [0.15, 0.2) is 102 Å². The van der Waals surface area contributed by atoms with Gasteiger partial charge in [-0.05, 0) is 81.3 Å². The second kappa shape index (κ2) is 18.9. The van der Waals surface area contributed by atoms with Crippen molar-refractivity contribution in [1.29, 1.82) is 0 Å².